The second-order valence-corrected chi connectivity index (χ2v) is 4.10. The van der Waals surface area contributed by atoms with Gasteiger partial charge in [-0.15, -0.1) is 5.59 Å². The van der Waals surface area contributed by atoms with Gasteiger partial charge in [0, 0.05) is 12.1 Å². The maximum absolute atomic E-state index is 11.5. The third-order valence-electron chi connectivity index (χ3n) is 1.63. The largest absolute Gasteiger partial charge is 0.756 e. The van der Waals surface area contributed by atoms with Crippen LogP contribution in [0.1, 0.15) is 41.5 Å². The number of nitrogens with zero attached hydrogens (tertiary/aromatic N) is 2. The van der Waals surface area contributed by atoms with Crippen molar-refractivity contribution < 1.29 is 4.84 Å². The van der Waals surface area contributed by atoms with Crippen LogP contribution in [0.2, 0.25) is 0 Å². The summed E-state index contributed by atoms with van der Waals surface area (Å²) in [6.07, 6.45) is -0.0207. The molecule has 0 rings (SSSR count). The molecule has 0 atom stereocenters. The number of nitrogens with one attached hydrogen (secondary N) is 1. The minimum Gasteiger partial charge on any atom is -0.756 e. The zero-order valence-corrected chi connectivity index (χ0v) is 9.94. The molecule has 0 aliphatic carbocycles. The van der Waals surface area contributed by atoms with E-state index in [-0.39, 0.29) is 18.2 Å². The number of hydrogen-bond acceptors (Lipinski definition) is 5. The molecule has 5 heteroatoms. The first-order valence-corrected chi connectivity index (χ1v) is 5.03. The van der Waals surface area contributed by atoms with E-state index >= 15 is 0 Å². The minimum absolute atomic E-state index is 0.0207. The summed E-state index contributed by atoms with van der Waals surface area (Å²) in [6.45, 7) is 11.6. The van der Waals surface area contributed by atoms with Gasteiger partial charge >= 0.3 is 0 Å². The van der Waals surface area contributed by atoms with Crippen molar-refractivity contribution in [2.24, 2.45) is 0 Å². The first-order chi connectivity index (χ1) is 6.36. The molecule has 5 nitrogen and oxygen atoms in total. The van der Waals surface area contributed by atoms with Crippen molar-refractivity contribution in [2.75, 3.05) is 0 Å². The van der Waals surface area contributed by atoms with Gasteiger partial charge in [0.05, 0.1) is 6.10 Å². The summed E-state index contributed by atoms with van der Waals surface area (Å²) in [5.41, 5.74) is 2.35. The zero-order chi connectivity index (χ0) is 11.3. The lowest BCUT2D eigenvalue weighted by atomic mass is 10.3. The Bertz CT molecular complexity index is 143. The van der Waals surface area contributed by atoms with Crippen molar-refractivity contribution in [1.82, 2.24) is 15.9 Å². The summed E-state index contributed by atoms with van der Waals surface area (Å²) in [5, 5.41) is 13.8. The normalized spacial score (nSPS) is 12.9. The van der Waals surface area contributed by atoms with Gasteiger partial charge in [-0.2, -0.15) is 0 Å². The molecule has 1 N–H and O–H groups in total. The fourth-order valence-electron chi connectivity index (χ4n) is 1.21. The molecule has 0 aromatic rings. The van der Waals surface area contributed by atoms with Gasteiger partial charge in [0.1, 0.15) is 0 Å². The van der Waals surface area contributed by atoms with Gasteiger partial charge in [-0.25, -0.2) is 10.3 Å². The maximum atomic E-state index is 11.5. The Morgan fingerprint density at radius 1 is 1.00 bits per heavy atom. The van der Waals surface area contributed by atoms with Crippen molar-refractivity contribution in [2.45, 2.75) is 59.7 Å². The topological polar surface area (TPSA) is 50.8 Å². The van der Waals surface area contributed by atoms with Crippen molar-refractivity contribution in [1.29, 1.82) is 0 Å². The van der Waals surface area contributed by atoms with E-state index in [2.05, 4.69) is 5.59 Å². The van der Waals surface area contributed by atoms with Crippen molar-refractivity contribution in [3.05, 3.63) is 5.21 Å². The van der Waals surface area contributed by atoms with Crippen LogP contribution in [0.4, 0.5) is 0 Å². The van der Waals surface area contributed by atoms with E-state index in [4.69, 9.17) is 4.84 Å². The molecule has 0 aromatic heterocycles. The Morgan fingerprint density at radius 2 is 1.43 bits per heavy atom. The van der Waals surface area contributed by atoms with E-state index in [0.29, 0.717) is 5.28 Å². The third-order valence-corrected chi connectivity index (χ3v) is 1.63. The maximum Gasteiger partial charge on any atom is 0.0750 e. The van der Waals surface area contributed by atoms with E-state index in [1.54, 1.807) is 5.01 Å². The van der Waals surface area contributed by atoms with E-state index < -0.39 is 0 Å². The Labute approximate surface area is 86.5 Å². The molecule has 0 fully saturated rings. The number of hydrogen-bond donors (Lipinski definition) is 1. The molecule has 0 bridgehead atoms. The van der Waals surface area contributed by atoms with Gasteiger partial charge in [-0.05, 0) is 41.5 Å². The van der Waals surface area contributed by atoms with E-state index in [0.717, 1.165) is 0 Å². The predicted molar refractivity (Wildman–Crippen MR) is 56.7 cm³/mol. The zero-order valence-electron chi connectivity index (χ0n) is 9.94. The van der Waals surface area contributed by atoms with Gasteiger partial charge in [-0.3, -0.25) is 4.84 Å². The van der Waals surface area contributed by atoms with Crippen molar-refractivity contribution >= 4 is 0 Å². The highest BCUT2D eigenvalue weighted by atomic mass is 16.8. The van der Waals surface area contributed by atoms with Crippen LogP contribution in [0.25, 0.3) is 0 Å². The molecule has 0 amide bonds. The summed E-state index contributed by atoms with van der Waals surface area (Å²) in [7, 11) is 0. The molecule has 86 valence electrons. The molecule has 0 saturated carbocycles. The summed E-state index contributed by atoms with van der Waals surface area (Å²) >= 11 is 0. The standard InChI is InChI=1S/C9H22N3O2/c1-7(2)11(8(3)4)12(13)10-14-9(5)6/h7-10H,1-6H3/q-1. The average molecular weight is 204 g/mol. The fourth-order valence-corrected chi connectivity index (χ4v) is 1.21. The van der Waals surface area contributed by atoms with E-state index in [1.807, 2.05) is 41.5 Å². The van der Waals surface area contributed by atoms with Crippen LogP contribution in [-0.2, 0) is 4.84 Å². The van der Waals surface area contributed by atoms with Crippen LogP contribution in [-0.4, -0.2) is 28.5 Å². The molecule has 0 aliphatic heterocycles. The van der Waals surface area contributed by atoms with Gasteiger partial charge in [0.25, 0.3) is 0 Å². The van der Waals surface area contributed by atoms with Crippen LogP contribution in [0.5, 0.6) is 0 Å². The highest BCUT2D eigenvalue weighted by Crippen LogP contribution is 2.06. The fraction of sp³-hybridized carbons (Fsp3) is 1.00. The van der Waals surface area contributed by atoms with Crippen molar-refractivity contribution in [3.8, 4) is 0 Å². The SMILES string of the molecule is CC(C)ONN([O-])N(C(C)C)C(C)C. The Kier molecular flexibility index (Phi) is 6.22. The highest BCUT2D eigenvalue weighted by Gasteiger charge is 2.15. The van der Waals surface area contributed by atoms with Crippen LogP contribution in [0.15, 0.2) is 0 Å². The Morgan fingerprint density at radius 3 is 1.71 bits per heavy atom. The van der Waals surface area contributed by atoms with Crippen LogP contribution >= 0.6 is 0 Å². The predicted octanol–water partition coefficient (Wildman–Crippen LogP) is 1.66. The number of hydrazine groups is 2. The molecular formula is C9H22N3O2-. The summed E-state index contributed by atoms with van der Waals surface area (Å²) in [4.78, 5) is 5.01. The molecule has 0 radical (unpaired) electrons. The van der Waals surface area contributed by atoms with E-state index in [9.17, 15) is 5.21 Å². The molecule has 0 heterocycles. The minimum atomic E-state index is -0.0207. The van der Waals surface area contributed by atoms with Crippen LogP contribution in [0.3, 0.4) is 0 Å². The van der Waals surface area contributed by atoms with Gasteiger partial charge in [0.2, 0.25) is 0 Å². The monoisotopic (exact) mass is 204 g/mol. The quantitative estimate of drug-likeness (QED) is 0.667. The average Bonchev–Trinajstić information content (AvgIpc) is 1.99. The summed E-state index contributed by atoms with van der Waals surface area (Å²) < 4.78 is 0. The molecule has 14 heavy (non-hydrogen) atoms. The molecule has 0 spiro atoms. The van der Waals surface area contributed by atoms with Gasteiger partial charge in [0.15, 0.2) is 0 Å². The first kappa shape index (κ1) is 13.8. The lowest BCUT2D eigenvalue weighted by Gasteiger charge is -2.44. The Balaban J connectivity index is 4.09. The number of rotatable bonds is 6. The van der Waals surface area contributed by atoms with Gasteiger partial charge in [-0.1, -0.05) is 0 Å². The van der Waals surface area contributed by atoms with Crippen LogP contribution < -0.4 is 5.59 Å². The van der Waals surface area contributed by atoms with E-state index in [1.165, 1.54) is 0 Å². The first-order valence-electron chi connectivity index (χ1n) is 5.03. The Hall–Kier alpha value is -0.200. The van der Waals surface area contributed by atoms with Gasteiger partial charge < -0.3 is 5.21 Å². The molecular weight excluding hydrogens is 182 g/mol. The lowest BCUT2D eigenvalue weighted by molar-refractivity contribution is -0.196. The molecule has 0 aliphatic rings. The molecule has 0 aromatic carbocycles. The summed E-state index contributed by atoms with van der Waals surface area (Å²) in [6, 6.07) is 0.270. The highest BCUT2D eigenvalue weighted by molar-refractivity contribution is 4.63. The van der Waals surface area contributed by atoms with Crippen LogP contribution in [0, 0.1) is 5.21 Å². The molecule has 0 unspecified atom stereocenters. The lowest BCUT2D eigenvalue weighted by Crippen LogP contribution is -2.53. The van der Waals surface area contributed by atoms with Crippen molar-refractivity contribution in [3.63, 3.8) is 0 Å². The summed E-state index contributed by atoms with van der Waals surface area (Å²) in [5.74, 6) is 0. The smallest absolute Gasteiger partial charge is 0.0750 e. The molecule has 0 saturated heterocycles. The third kappa shape index (κ3) is 4.88. The second-order valence-electron chi connectivity index (χ2n) is 4.10. The second kappa shape index (κ2) is 6.31.